The topological polar surface area (TPSA) is 94.0 Å². The Bertz CT molecular complexity index is 1320. The van der Waals surface area contributed by atoms with Crippen LogP contribution in [-0.2, 0) is 11.2 Å². The summed E-state index contributed by atoms with van der Waals surface area (Å²) in [5.41, 5.74) is 7.47. The van der Waals surface area contributed by atoms with Gasteiger partial charge in [-0.25, -0.2) is 4.98 Å². The van der Waals surface area contributed by atoms with E-state index >= 15 is 0 Å². The van der Waals surface area contributed by atoms with Gasteiger partial charge in [0.1, 0.15) is 18.1 Å². The van der Waals surface area contributed by atoms with Crippen molar-refractivity contribution >= 4 is 29.6 Å². The van der Waals surface area contributed by atoms with Gasteiger partial charge in [-0.05, 0) is 98.5 Å². The zero-order valence-electron chi connectivity index (χ0n) is 22.2. The molecule has 5 rings (SSSR count). The van der Waals surface area contributed by atoms with E-state index in [1.807, 2.05) is 30.7 Å². The van der Waals surface area contributed by atoms with E-state index in [9.17, 15) is 4.79 Å². The number of nitrogens with one attached hydrogen (secondary N) is 3. The number of likely N-dealkylation sites (tertiary alicyclic amines) is 1. The molecule has 3 aromatic rings. The number of fused-ring (bicyclic) bond motifs is 1. The Hall–Kier alpha value is -3.84. The Kier molecular flexibility index (Phi) is 7.94. The highest BCUT2D eigenvalue weighted by Crippen LogP contribution is 2.35. The van der Waals surface area contributed by atoms with Crippen molar-refractivity contribution in [2.75, 3.05) is 25.5 Å². The molecule has 0 saturated carbocycles. The highest BCUT2D eigenvalue weighted by molar-refractivity contribution is 5.84. The molecule has 3 N–H and O–H groups in total. The van der Waals surface area contributed by atoms with Gasteiger partial charge in [-0.2, -0.15) is 0 Å². The Morgan fingerprint density at radius 2 is 1.97 bits per heavy atom. The standard InChI is InChI=1S/C31H36N6O/c1-3-4-26(32)16-21-15-25(19-33-18-21)28-17-24-9-12-34-29(20-38)30(24)31(36-28)35-27-7-5-22(6-8-27)23-10-13-37(2)14-11-23/h5-9,12,15,17-20,23,29,32,34H,3-4,10-11,13-14,16H2,1-2H3,(H,35,36). The monoisotopic (exact) mass is 508 g/mol. The first-order chi connectivity index (χ1) is 18.5. The Balaban J connectivity index is 1.45. The zero-order chi connectivity index (χ0) is 26.5. The molecule has 0 spiro atoms. The number of piperidine rings is 1. The summed E-state index contributed by atoms with van der Waals surface area (Å²) >= 11 is 0. The second-order valence-electron chi connectivity index (χ2n) is 10.4. The molecular weight excluding hydrogens is 472 g/mol. The number of rotatable bonds is 9. The van der Waals surface area contributed by atoms with Crippen LogP contribution < -0.4 is 10.6 Å². The number of hydrogen-bond acceptors (Lipinski definition) is 7. The molecule has 0 bridgehead atoms. The first-order valence-corrected chi connectivity index (χ1v) is 13.5. The average molecular weight is 509 g/mol. The fraction of sp³-hybridized carbons (Fsp3) is 0.355. The summed E-state index contributed by atoms with van der Waals surface area (Å²) in [5, 5.41) is 14.9. The minimum atomic E-state index is -0.475. The number of hydrogen-bond donors (Lipinski definition) is 3. The summed E-state index contributed by atoms with van der Waals surface area (Å²) in [7, 11) is 2.19. The van der Waals surface area contributed by atoms with E-state index in [2.05, 4.69) is 64.8 Å². The summed E-state index contributed by atoms with van der Waals surface area (Å²) in [4.78, 5) is 23.8. The first-order valence-electron chi connectivity index (χ1n) is 13.5. The van der Waals surface area contributed by atoms with Crippen LogP contribution in [0, 0.1) is 5.41 Å². The summed E-state index contributed by atoms with van der Waals surface area (Å²) in [6, 6.07) is 12.2. The number of benzene rings is 1. The van der Waals surface area contributed by atoms with Crippen molar-refractivity contribution < 1.29 is 4.79 Å². The van der Waals surface area contributed by atoms with Crippen molar-refractivity contribution in [2.24, 2.45) is 0 Å². The second kappa shape index (κ2) is 11.7. The molecule has 196 valence electrons. The van der Waals surface area contributed by atoms with Crippen LogP contribution in [0.15, 0.2) is 55.0 Å². The van der Waals surface area contributed by atoms with Crippen LogP contribution in [0.2, 0.25) is 0 Å². The van der Waals surface area contributed by atoms with E-state index in [1.165, 1.54) is 18.4 Å². The smallest absolute Gasteiger partial charge is 0.146 e. The molecule has 1 unspecified atom stereocenters. The van der Waals surface area contributed by atoms with E-state index < -0.39 is 6.04 Å². The van der Waals surface area contributed by atoms with Crippen molar-refractivity contribution in [3.8, 4) is 11.3 Å². The molecule has 0 radical (unpaired) electrons. The number of carbonyl (C=O) groups excluding carboxylic acids is 1. The van der Waals surface area contributed by atoms with Gasteiger partial charge in [0.05, 0.1) is 5.69 Å². The number of anilines is 2. The maximum Gasteiger partial charge on any atom is 0.146 e. The van der Waals surface area contributed by atoms with Crippen molar-refractivity contribution in [1.82, 2.24) is 20.2 Å². The van der Waals surface area contributed by atoms with Crippen molar-refractivity contribution in [2.45, 2.75) is 51.0 Å². The van der Waals surface area contributed by atoms with Gasteiger partial charge in [0.25, 0.3) is 0 Å². The number of aromatic nitrogens is 2. The average Bonchev–Trinajstić information content (AvgIpc) is 2.93. The number of aldehydes is 1. The fourth-order valence-corrected chi connectivity index (χ4v) is 5.39. The number of pyridine rings is 2. The van der Waals surface area contributed by atoms with Crippen LogP contribution in [-0.4, -0.2) is 47.0 Å². The van der Waals surface area contributed by atoms with Crippen LogP contribution in [0.4, 0.5) is 11.5 Å². The number of nitrogens with zero attached hydrogens (tertiary/aromatic N) is 3. The van der Waals surface area contributed by atoms with Gasteiger partial charge in [-0.15, -0.1) is 0 Å². The third-order valence-corrected chi connectivity index (χ3v) is 7.50. The van der Waals surface area contributed by atoms with Gasteiger partial charge in [0, 0.05) is 41.3 Å². The van der Waals surface area contributed by atoms with E-state index in [1.54, 1.807) is 0 Å². The van der Waals surface area contributed by atoms with Crippen molar-refractivity contribution in [3.05, 3.63) is 77.2 Å². The van der Waals surface area contributed by atoms with Gasteiger partial charge in [-0.1, -0.05) is 25.5 Å². The van der Waals surface area contributed by atoms with E-state index in [0.29, 0.717) is 23.9 Å². The molecule has 2 aromatic heterocycles. The Morgan fingerprint density at radius 1 is 1.18 bits per heavy atom. The quantitative estimate of drug-likeness (QED) is 0.247. The summed E-state index contributed by atoms with van der Waals surface area (Å²) < 4.78 is 0. The van der Waals surface area contributed by atoms with Crippen LogP contribution in [0.5, 0.6) is 0 Å². The van der Waals surface area contributed by atoms with E-state index in [0.717, 1.165) is 65.9 Å². The minimum absolute atomic E-state index is 0.475. The fourth-order valence-electron chi connectivity index (χ4n) is 5.39. The van der Waals surface area contributed by atoms with Gasteiger partial charge < -0.3 is 25.7 Å². The SMILES string of the molecule is CCCC(=N)Cc1cncc(-c2cc3c(c(Nc4ccc(C5CCN(C)CC5)cc4)n2)C(C=O)NC=C3)c1. The molecule has 2 aliphatic heterocycles. The number of carbonyl (C=O) groups is 1. The minimum Gasteiger partial charge on any atom is -0.378 e. The molecule has 0 aliphatic carbocycles. The van der Waals surface area contributed by atoms with Crippen LogP contribution in [0.3, 0.4) is 0 Å². The molecule has 7 heteroatoms. The third-order valence-electron chi connectivity index (χ3n) is 7.50. The summed E-state index contributed by atoms with van der Waals surface area (Å²) in [5.74, 6) is 1.25. The lowest BCUT2D eigenvalue weighted by molar-refractivity contribution is -0.109. The van der Waals surface area contributed by atoms with Gasteiger partial charge >= 0.3 is 0 Å². The highest BCUT2D eigenvalue weighted by atomic mass is 16.1. The van der Waals surface area contributed by atoms with Crippen molar-refractivity contribution in [1.29, 1.82) is 5.41 Å². The molecule has 7 nitrogen and oxygen atoms in total. The largest absolute Gasteiger partial charge is 0.378 e. The van der Waals surface area contributed by atoms with E-state index in [-0.39, 0.29) is 0 Å². The molecule has 0 amide bonds. The molecule has 2 aliphatic rings. The summed E-state index contributed by atoms with van der Waals surface area (Å²) in [6.07, 6.45) is 13.0. The maximum atomic E-state index is 11.9. The molecule has 1 atom stereocenters. The van der Waals surface area contributed by atoms with Crippen molar-refractivity contribution in [3.63, 3.8) is 0 Å². The predicted octanol–water partition coefficient (Wildman–Crippen LogP) is 5.87. The van der Waals surface area contributed by atoms with E-state index in [4.69, 9.17) is 10.4 Å². The predicted molar refractivity (Wildman–Crippen MR) is 154 cm³/mol. The highest BCUT2D eigenvalue weighted by Gasteiger charge is 2.23. The Labute approximate surface area is 224 Å². The molecule has 1 saturated heterocycles. The normalized spacial score (nSPS) is 17.5. The molecule has 1 fully saturated rings. The van der Waals surface area contributed by atoms with Crippen LogP contribution in [0.1, 0.15) is 66.8 Å². The Morgan fingerprint density at radius 3 is 2.71 bits per heavy atom. The molecule has 4 heterocycles. The third kappa shape index (κ3) is 5.83. The molecule has 38 heavy (non-hydrogen) atoms. The van der Waals surface area contributed by atoms with Crippen LogP contribution >= 0.6 is 0 Å². The van der Waals surface area contributed by atoms with Gasteiger partial charge in [-0.3, -0.25) is 4.98 Å². The molecular formula is C31H36N6O. The van der Waals surface area contributed by atoms with Crippen LogP contribution in [0.25, 0.3) is 17.3 Å². The zero-order valence-corrected chi connectivity index (χ0v) is 22.2. The van der Waals surface area contributed by atoms with Gasteiger partial charge in [0.2, 0.25) is 0 Å². The maximum absolute atomic E-state index is 11.9. The summed E-state index contributed by atoms with van der Waals surface area (Å²) in [6.45, 7) is 4.36. The second-order valence-corrected chi connectivity index (χ2v) is 10.4. The van der Waals surface area contributed by atoms with Gasteiger partial charge in [0.15, 0.2) is 0 Å². The lowest BCUT2D eigenvalue weighted by atomic mass is 9.89. The lowest BCUT2D eigenvalue weighted by Gasteiger charge is -2.29. The first kappa shape index (κ1) is 25.8. The molecule has 1 aromatic carbocycles. The lowest BCUT2D eigenvalue weighted by Crippen LogP contribution is -2.29.